The predicted molar refractivity (Wildman–Crippen MR) is 88.1 cm³/mol. The molecule has 0 saturated heterocycles. The summed E-state index contributed by atoms with van der Waals surface area (Å²) in [6.07, 6.45) is 2.20. The molecule has 2 fully saturated rings. The highest BCUT2D eigenvalue weighted by molar-refractivity contribution is 6.10. The standard InChI is InChI=1S/C20H20O3/c1-19(2)14-10-11-20(12-14,17(19)21)18(22)23-16-9-5-7-13-6-3-4-8-15(13)16/h3-9,14H,10-12H2,1-2H3. The molecule has 2 aliphatic rings. The SMILES string of the molecule is CC1(C)C(=O)C2(C(=O)Oc3cccc4ccccc34)CCC1C2. The van der Waals surface area contributed by atoms with Crippen molar-refractivity contribution in [3.63, 3.8) is 0 Å². The van der Waals surface area contributed by atoms with Crippen LogP contribution in [0.15, 0.2) is 42.5 Å². The highest BCUT2D eigenvalue weighted by Crippen LogP contribution is 2.60. The maximum Gasteiger partial charge on any atom is 0.325 e. The summed E-state index contributed by atoms with van der Waals surface area (Å²) < 4.78 is 5.74. The summed E-state index contributed by atoms with van der Waals surface area (Å²) in [5.41, 5.74) is -1.33. The van der Waals surface area contributed by atoms with Gasteiger partial charge in [0.25, 0.3) is 0 Å². The van der Waals surface area contributed by atoms with Crippen LogP contribution in [0.2, 0.25) is 0 Å². The van der Waals surface area contributed by atoms with Crippen LogP contribution in [-0.4, -0.2) is 11.8 Å². The van der Waals surface area contributed by atoms with Gasteiger partial charge in [0, 0.05) is 10.8 Å². The lowest BCUT2D eigenvalue weighted by Gasteiger charge is -2.31. The Labute approximate surface area is 135 Å². The van der Waals surface area contributed by atoms with E-state index in [4.69, 9.17) is 4.74 Å². The van der Waals surface area contributed by atoms with Gasteiger partial charge in [-0.3, -0.25) is 9.59 Å². The smallest absolute Gasteiger partial charge is 0.325 e. The molecule has 3 heteroatoms. The first-order chi connectivity index (χ1) is 10.9. The quantitative estimate of drug-likeness (QED) is 0.476. The Morgan fingerprint density at radius 1 is 1.13 bits per heavy atom. The minimum atomic E-state index is -0.925. The van der Waals surface area contributed by atoms with E-state index in [1.807, 2.05) is 50.2 Å². The zero-order valence-corrected chi connectivity index (χ0v) is 13.5. The normalized spacial score (nSPS) is 28.3. The highest BCUT2D eigenvalue weighted by Gasteiger charge is 2.66. The second-order valence-corrected chi connectivity index (χ2v) is 7.44. The van der Waals surface area contributed by atoms with Gasteiger partial charge in [0.2, 0.25) is 0 Å². The van der Waals surface area contributed by atoms with E-state index in [1.54, 1.807) is 6.07 Å². The van der Waals surface area contributed by atoms with Crippen LogP contribution >= 0.6 is 0 Å². The number of rotatable bonds is 2. The van der Waals surface area contributed by atoms with Gasteiger partial charge in [-0.2, -0.15) is 0 Å². The molecule has 2 aromatic rings. The molecule has 2 unspecified atom stereocenters. The van der Waals surface area contributed by atoms with Crippen LogP contribution < -0.4 is 4.74 Å². The van der Waals surface area contributed by atoms with Gasteiger partial charge in [-0.25, -0.2) is 0 Å². The Morgan fingerprint density at radius 3 is 2.61 bits per heavy atom. The summed E-state index contributed by atoms with van der Waals surface area (Å²) in [6.45, 7) is 3.93. The number of esters is 1. The minimum absolute atomic E-state index is 0.0616. The third-order valence-electron chi connectivity index (χ3n) is 5.90. The lowest BCUT2D eigenvalue weighted by atomic mass is 9.71. The average molecular weight is 308 g/mol. The third kappa shape index (κ3) is 1.89. The van der Waals surface area contributed by atoms with Crippen molar-refractivity contribution < 1.29 is 14.3 Å². The Balaban J connectivity index is 1.70. The molecule has 2 bridgehead atoms. The Bertz CT molecular complexity index is 815. The van der Waals surface area contributed by atoms with E-state index >= 15 is 0 Å². The average Bonchev–Trinajstić information content (AvgIpc) is 3.08. The summed E-state index contributed by atoms with van der Waals surface area (Å²) in [7, 11) is 0. The molecule has 0 aromatic heterocycles. The summed E-state index contributed by atoms with van der Waals surface area (Å²) in [4.78, 5) is 25.7. The zero-order chi connectivity index (χ0) is 16.2. The lowest BCUT2D eigenvalue weighted by molar-refractivity contribution is -0.153. The monoisotopic (exact) mass is 308 g/mol. The maximum absolute atomic E-state index is 12.9. The predicted octanol–water partition coefficient (Wildman–Crippen LogP) is 4.14. The van der Waals surface area contributed by atoms with Crippen molar-refractivity contribution in [2.45, 2.75) is 33.1 Å². The van der Waals surface area contributed by atoms with E-state index in [9.17, 15) is 9.59 Å². The van der Waals surface area contributed by atoms with Gasteiger partial charge in [0.05, 0.1) is 0 Å². The Hall–Kier alpha value is -2.16. The molecule has 0 aliphatic heterocycles. The van der Waals surface area contributed by atoms with E-state index in [0.717, 1.165) is 17.2 Å². The van der Waals surface area contributed by atoms with Gasteiger partial charge in [0.15, 0.2) is 5.78 Å². The number of hydrogen-bond donors (Lipinski definition) is 0. The molecule has 0 radical (unpaired) electrons. The van der Waals surface area contributed by atoms with Crippen molar-refractivity contribution >= 4 is 22.5 Å². The molecule has 2 saturated carbocycles. The largest absolute Gasteiger partial charge is 0.425 e. The first-order valence-corrected chi connectivity index (χ1v) is 8.20. The van der Waals surface area contributed by atoms with Crippen LogP contribution in [0.25, 0.3) is 10.8 Å². The summed E-state index contributed by atoms with van der Waals surface area (Å²) >= 11 is 0. The molecule has 23 heavy (non-hydrogen) atoms. The van der Waals surface area contributed by atoms with Gasteiger partial charge < -0.3 is 4.74 Å². The number of benzene rings is 2. The van der Waals surface area contributed by atoms with Gasteiger partial charge in [-0.15, -0.1) is 0 Å². The highest BCUT2D eigenvalue weighted by atomic mass is 16.5. The summed E-state index contributed by atoms with van der Waals surface area (Å²) in [6, 6.07) is 13.5. The molecule has 2 aromatic carbocycles. The number of hydrogen-bond acceptors (Lipinski definition) is 3. The Morgan fingerprint density at radius 2 is 1.87 bits per heavy atom. The van der Waals surface area contributed by atoms with Crippen LogP contribution in [0.3, 0.4) is 0 Å². The summed E-state index contributed by atoms with van der Waals surface area (Å²) in [5, 5.41) is 1.93. The van der Waals surface area contributed by atoms with Crippen molar-refractivity contribution in [2.75, 3.05) is 0 Å². The molecule has 0 amide bonds. The molecular formula is C20H20O3. The molecule has 0 heterocycles. The molecule has 0 N–H and O–H groups in total. The number of carbonyl (C=O) groups is 2. The molecule has 4 rings (SSSR count). The van der Waals surface area contributed by atoms with E-state index in [0.29, 0.717) is 24.5 Å². The minimum Gasteiger partial charge on any atom is -0.425 e. The third-order valence-corrected chi connectivity index (χ3v) is 5.90. The van der Waals surface area contributed by atoms with Crippen LogP contribution in [0.1, 0.15) is 33.1 Å². The lowest BCUT2D eigenvalue weighted by Crippen LogP contribution is -2.43. The van der Waals surface area contributed by atoms with Gasteiger partial charge in [-0.05, 0) is 36.6 Å². The number of ether oxygens (including phenoxy) is 1. The van der Waals surface area contributed by atoms with Crippen molar-refractivity contribution in [3.8, 4) is 5.75 Å². The van der Waals surface area contributed by atoms with E-state index in [2.05, 4.69) is 0 Å². The maximum atomic E-state index is 12.9. The van der Waals surface area contributed by atoms with Crippen molar-refractivity contribution in [3.05, 3.63) is 42.5 Å². The molecular weight excluding hydrogens is 288 g/mol. The first-order valence-electron chi connectivity index (χ1n) is 8.20. The topological polar surface area (TPSA) is 43.4 Å². The van der Waals surface area contributed by atoms with Crippen LogP contribution in [0.5, 0.6) is 5.75 Å². The zero-order valence-electron chi connectivity index (χ0n) is 13.5. The fourth-order valence-electron chi connectivity index (χ4n) is 4.43. The van der Waals surface area contributed by atoms with Crippen LogP contribution in [0, 0.1) is 16.7 Å². The molecule has 0 spiro atoms. The number of fused-ring (bicyclic) bond motifs is 3. The van der Waals surface area contributed by atoms with E-state index in [-0.39, 0.29) is 11.8 Å². The van der Waals surface area contributed by atoms with Crippen LogP contribution in [0.4, 0.5) is 0 Å². The number of ketones is 1. The molecule has 2 aliphatic carbocycles. The molecule has 2 atom stereocenters. The van der Waals surface area contributed by atoms with Crippen molar-refractivity contribution in [1.82, 2.24) is 0 Å². The molecule has 3 nitrogen and oxygen atoms in total. The Kier molecular flexibility index (Phi) is 2.93. The summed E-state index contributed by atoms with van der Waals surface area (Å²) in [5.74, 6) is 0.539. The van der Waals surface area contributed by atoms with E-state index in [1.165, 1.54) is 0 Å². The second kappa shape index (κ2) is 4.67. The first kappa shape index (κ1) is 14.4. The fourth-order valence-corrected chi connectivity index (χ4v) is 4.43. The fraction of sp³-hybridized carbons (Fsp3) is 0.400. The second-order valence-electron chi connectivity index (χ2n) is 7.44. The number of Topliss-reactive ketones (excluding diaryl/α,β-unsaturated/α-hetero) is 1. The van der Waals surface area contributed by atoms with Crippen LogP contribution in [-0.2, 0) is 9.59 Å². The van der Waals surface area contributed by atoms with Gasteiger partial charge in [-0.1, -0.05) is 50.2 Å². The number of carbonyl (C=O) groups excluding carboxylic acids is 2. The van der Waals surface area contributed by atoms with Gasteiger partial charge in [0.1, 0.15) is 11.2 Å². The molecule has 118 valence electrons. The van der Waals surface area contributed by atoms with E-state index < -0.39 is 10.8 Å². The van der Waals surface area contributed by atoms with Crippen molar-refractivity contribution in [2.24, 2.45) is 16.7 Å². The van der Waals surface area contributed by atoms with Gasteiger partial charge >= 0.3 is 5.97 Å². The van der Waals surface area contributed by atoms with Crippen molar-refractivity contribution in [1.29, 1.82) is 0 Å².